The number of halogens is 1. The minimum absolute atomic E-state index is 0.0939. The summed E-state index contributed by atoms with van der Waals surface area (Å²) >= 11 is 8.96. The lowest BCUT2D eigenvalue weighted by atomic mass is 10.3. The molecule has 0 unspecified atom stereocenters. The highest BCUT2D eigenvalue weighted by molar-refractivity contribution is 7.99. The van der Waals surface area contributed by atoms with Gasteiger partial charge in [-0.2, -0.15) is 4.68 Å². The SMILES string of the molecule is CCOc1ccccc1-n1nnnc1SCC(=O)N1CCN(Cc2ccc(Cl)s2)CC1. The number of para-hydroxylation sites is 2. The third-order valence-corrected chi connectivity index (χ3v) is 7.01. The molecule has 8 nitrogen and oxygen atoms in total. The maximum atomic E-state index is 12.7. The molecule has 0 saturated carbocycles. The van der Waals surface area contributed by atoms with Crippen molar-refractivity contribution >= 4 is 40.6 Å². The van der Waals surface area contributed by atoms with Crippen molar-refractivity contribution in [2.75, 3.05) is 38.5 Å². The third-order valence-electron chi connectivity index (χ3n) is 4.89. The Morgan fingerprint density at radius 3 is 2.74 bits per heavy atom. The molecule has 11 heteroatoms. The van der Waals surface area contributed by atoms with Gasteiger partial charge in [-0.3, -0.25) is 9.69 Å². The first-order valence-electron chi connectivity index (χ1n) is 10.0. The van der Waals surface area contributed by atoms with Crippen LogP contribution in [0.2, 0.25) is 4.34 Å². The number of thioether (sulfide) groups is 1. The molecular weight excluding hydrogens is 456 g/mol. The van der Waals surface area contributed by atoms with Gasteiger partial charge in [0.15, 0.2) is 0 Å². The number of rotatable bonds is 8. The van der Waals surface area contributed by atoms with Crippen LogP contribution in [-0.4, -0.2) is 74.5 Å². The number of nitrogens with zero attached hydrogens (tertiary/aromatic N) is 6. The molecule has 3 heterocycles. The molecule has 0 spiro atoms. The molecule has 1 amide bonds. The molecule has 0 N–H and O–H groups in total. The second-order valence-electron chi connectivity index (χ2n) is 6.93. The van der Waals surface area contributed by atoms with Crippen molar-refractivity contribution in [3.05, 3.63) is 45.6 Å². The molecule has 4 rings (SSSR count). The van der Waals surface area contributed by atoms with Crippen LogP contribution in [0, 0.1) is 0 Å². The molecule has 1 fully saturated rings. The van der Waals surface area contributed by atoms with Gasteiger partial charge in [0.25, 0.3) is 0 Å². The molecule has 31 heavy (non-hydrogen) atoms. The Bertz CT molecular complexity index is 1020. The Balaban J connectivity index is 1.31. The zero-order chi connectivity index (χ0) is 21.6. The Morgan fingerprint density at radius 2 is 2.00 bits per heavy atom. The summed E-state index contributed by atoms with van der Waals surface area (Å²) < 4.78 is 8.11. The van der Waals surface area contributed by atoms with Crippen molar-refractivity contribution < 1.29 is 9.53 Å². The minimum atomic E-state index is 0.0939. The summed E-state index contributed by atoms with van der Waals surface area (Å²) in [6.45, 7) is 6.50. The van der Waals surface area contributed by atoms with Crippen LogP contribution in [-0.2, 0) is 11.3 Å². The topological polar surface area (TPSA) is 76.4 Å². The number of thiophene rings is 1. The van der Waals surface area contributed by atoms with E-state index in [1.165, 1.54) is 16.6 Å². The molecule has 164 valence electrons. The van der Waals surface area contributed by atoms with Crippen LogP contribution in [0.1, 0.15) is 11.8 Å². The van der Waals surface area contributed by atoms with Crippen LogP contribution >= 0.6 is 34.7 Å². The van der Waals surface area contributed by atoms with Gasteiger partial charge in [-0.25, -0.2) is 0 Å². The van der Waals surface area contributed by atoms with Crippen molar-refractivity contribution in [1.82, 2.24) is 30.0 Å². The summed E-state index contributed by atoms with van der Waals surface area (Å²) in [5, 5.41) is 12.5. The molecule has 3 aromatic rings. The first kappa shape index (κ1) is 22.1. The second-order valence-corrected chi connectivity index (χ2v) is 9.67. The van der Waals surface area contributed by atoms with E-state index in [-0.39, 0.29) is 11.7 Å². The van der Waals surface area contributed by atoms with Gasteiger partial charge in [0.2, 0.25) is 11.1 Å². The monoisotopic (exact) mass is 478 g/mol. The molecular formula is C20H23ClN6O2S2. The van der Waals surface area contributed by atoms with E-state index < -0.39 is 0 Å². The Morgan fingerprint density at radius 1 is 1.19 bits per heavy atom. The number of benzene rings is 1. The molecule has 1 aliphatic rings. The van der Waals surface area contributed by atoms with E-state index in [0.717, 1.165) is 42.7 Å². The average molecular weight is 479 g/mol. The number of ether oxygens (including phenoxy) is 1. The summed E-state index contributed by atoms with van der Waals surface area (Å²) in [5.41, 5.74) is 0.756. The van der Waals surface area contributed by atoms with Crippen LogP contribution in [0.4, 0.5) is 0 Å². The summed E-state index contributed by atoms with van der Waals surface area (Å²) in [7, 11) is 0. The number of carbonyl (C=O) groups is 1. The van der Waals surface area contributed by atoms with Crippen LogP contribution in [0.15, 0.2) is 41.6 Å². The quantitative estimate of drug-likeness (QED) is 0.460. The van der Waals surface area contributed by atoms with Gasteiger partial charge in [0.05, 0.1) is 16.7 Å². The predicted octanol–water partition coefficient (Wildman–Crippen LogP) is 3.21. The number of amides is 1. The van der Waals surface area contributed by atoms with Gasteiger partial charge < -0.3 is 9.64 Å². The summed E-state index contributed by atoms with van der Waals surface area (Å²) in [5.74, 6) is 1.09. The molecule has 0 aliphatic carbocycles. The minimum Gasteiger partial charge on any atom is -0.492 e. The molecule has 1 aliphatic heterocycles. The first-order chi connectivity index (χ1) is 15.1. The first-order valence-corrected chi connectivity index (χ1v) is 12.2. The highest BCUT2D eigenvalue weighted by atomic mass is 35.5. The van der Waals surface area contributed by atoms with E-state index in [4.69, 9.17) is 16.3 Å². The van der Waals surface area contributed by atoms with Crippen molar-refractivity contribution in [2.45, 2.75) is 18.6 Å². The van der Waals surface area contributed by atoms with Crippen molar-refractivity contribution in [3.63, 3.8) is 0 Å². The molecule has 1 saturated heterocycles. The molecule has 0 radical (unpaired) electrons. The van der Waals surface area contributed by atoms with Gasteiger partial charge in [-0.15, -0.1) is 16.4 Å². The maximum Gasteiger partial charge on any atom is 0.233 e. The number of piperazine rings is 1. The second kappa shape index (κ2) is 10.4. The Hall–Kier alpha value is -2.14. The fourth-order valence-electron chi connectivity index (χ4n) is 3.36. The largest absolute Gasteiger partial charge is 0.492 e. The normalized spacial score (nSPS) is 14.7. The number of aromatic nitrogens is 4. The van der Waals surface area contributed by atoms with Crippen LogP contribution in [0.3, 0.4) is 0 Å². The van der Waals surface area contributed by atoms with Crippen molar-refractivity contribution in [2.24, 2.45) is 0 Å². The lowest BCUT2D eigenvalue weighted by Gasteiger charge is -2.34. The van der Waals surface area contributed by atoms with E-state index >= 15 is 0 Å². The van der Waals surface area contributed by atoms with Gasteiger partial charge >= 0.3 is 0 Å². The van der Waals surface area contributed by atoms with E-state index in [9.17, 15) is 4.79 Å². The van der Waals surface area contributed by atoms with Gasteiger partial charge in [-0.05, 0) is 41.6 Å². The van der Waals surface area contributed by atoms with E-state index in [1.807, 2.05) is 42.2 Å². The highest BCUT2D eigenvalue weighted by Gasteiger charge is 2.23. The smallest absolute Gasteiger partial charge is 0.233 e. The number of tetrazole rings is 1. The van der Waals surface area contributed by atoms with E-state index in [1.54, 1.807) is 16.0 Å². The van der Waals surface area contributed by atoms with Crippen LogP contribution in [0.25, 0.3) is 5.69 Å². The number of hydrogen-bond acceptors (Lipinski definition) is 8. The van der Waals surface area contributed by atoms with Crippen LogP contribution in [0.5, 0.6) is 5.75 Å². The number of carbonyl (C=O) groups excluding carboxylic acids is 1. The Kier molecular flexibility index (Phi) is 7.44. The molecule has 1 aromatic carbocycles. The fourth-order valence-corrected chi connectivity index (χ4v) is 5.28. The van der Waals surface area contributed by atoms with E-state index in [0.29, 0.717) is 17.5 Å². The van der Waals surface area contributed by atoms with Gasteiger partial charge in [-0.1, -0.05) is 35.5 Å². The Labute approximate surface area is 194 Å². The third kappa shape index (κ3) is 5.57. The van der Waals surface area contributed by atoms with Crippen molar-refractivity contribution in [1.29, 1.82) is 0 Å². The van der Waals surface area contributed by atoms with Crippen molar-refractivity contribution in [3.8, 4) is 11.4 Å². The summed E-state index contributed by atoms with van der Waals surface area (Å²) in [6, 6.07) is 11.6. The zero-order valence-corrected chi connectivity index (χ0v) is 19.5. The molecule has 0 atom stereocenters. The highest BCUT2D eigenvalue weighted by Crippen LogP contribution is 2.26. The number of hydrogen-bond donors (Lipinski definition) is 0. The molecule has 2 aromatic heterocycles. The predicted molar refractivity (Wildman–Crippen MR) is 122 cm³/mol. The molecule has 0 bridgehead atoms. The standard InChI is InChI=1S/C20H23ClN6O2S2/c1-2-29-17-6-4-3-5-16(17)27-20(22-23-24-27)30-14-19(28)26-11-9-25(10-12-26)13-15-7-8-18(21)31-15/h3-8H,2,9-14H2,1H3. The lowest BCUT2D eigenvalue weighted by Crippen LogP contribution is -2.48. The van der Waals surface area contributed by atoms with Gasteiger partial charge in [0.1, 0.15) is 11.4 Å². The van der Waals surface area contributed by atoms with Crippen LogP contribution < -0.4 is 4.74 Å². The fraction of sp³-hybridized carbons (Fsp3) is 0.400. The summed E-state index contributed by atoms with van der Waals surface area (Å²) in [4.78, 5) is 18.3. The van der Waals surface area contributed by atoms with E-state index in [2.05, 4.69) is 26.5 Å². The summed E-state index contributed by atoms with van der Waals surface area (Å²) in [6.07, 6.45) is 0. The van der Waals surface area contributed by atoms with Gasteiger partial charge in [0, 0.05) is 37.6 Å². The average Bonchev–Trinajstić information content (AvgIpc) is 3.42. The zero-order valence-electron chi connectivity index (χ0n) is 17.1. The lowest BCUT2D eigenvalue weighted by molar-refractivity contribution is -0.130. The maximum absolute atomic E-state index is 12.7.